The van der Waals surface area contributed by atoms with Crippen molar-refractivity contribution in [3.05, 3.63) is 82.0 Å². The van der Waals surface area contributed by atoms with E-state index in [9.17, 15) is 14.9 Å². The second kappa shape index (κ2) is 10.3. The van der Waals surface area contributed by atoms with Crippen molar-refractivity contribution in [1.82, 2.24) is 15.2 Å². The van der Waals surface area contributed by atoms with Gasteiger partial charge in [-0.2, -0.15) is 0 Å². The number of aryl methyl sites for hydroxylation is 1. The van der Waals surface area contributed by atoms with Crippen LogP contribution in [0.5, 0.6) is 0 Å². The second-order valence-corrected chi connectivity index (χ2v) is 7.90. The number of rotatable bonds is 7. The number of hydrogen-bond donors (Lipinski definition) is 1. The first-order chi connectivity index (χ1) is 16.0. The number of benzene rings is 2. The van der Waals surface area contributed by atoms with Crippen LogP contribution >= 0.6 is 0 Å². The molecule has 0 unspecified atom stereocenters. The number of nitrogens with one attached hydrogen (secondary N) is 1. The molecule has 1 N–H and O–H groups in total. The van der Waals surface area contributed by atoms with Gasteiger partial charge >= 0.3 is 0 Å². The zero-order chi connectivity index (χ0) is 23.2. The number of nitro benzene ring substituents is 1. The topological polar surface area (TPSA) is 97.6 Å². The number of ether oxygens (including phenoxy) is 1. The Morgan fingerprint density at radius 3 is 2.55 bits per heavy atom. The van der Waals surface area contributed by atoms with Crippen molar-refractivity contribution < 1.29 is 14.5 Å². The van der Waals surface area contributed by atoms with E-state index in [4.69, 9.17) is 4.74 Å². The second-order valence-electron chi connectivity index (χ2n) is 7.90. The van der Waals surface area contributed by atoms with Crippen molar-refractivity contribution in [2.75, 3.05) is 39.4 Å². The van der Waals surface area contributed by atoms with Crippen LogP contribution in [-0.2, 0) is 4.74 Å². The SMILES string of the molecule is Cc1nc(-c2ccccc2)cc(-c2cccc([N+](=O)[O-])c2)c1C(=O)NCCN1CCOCC1. The van der Waals surface area contributed by atoms with E-state index in [-0.39, 0.29) is 11.6 Å². The highest BCUT2D eigenvalue weighted by Crippen LogP contribution is 2.32. The third-order valence-corrected chi connectivity index (χ3v) is 5.68. The number of morpholine rings is 1. The monoisotopic (exact) mass is 446 g/mol. The van der Waals surface area contributed by atoms with Gasteiger partial charge in [-0.15, -0.1) is 0 Å². The Morgan fingerprint density at radius 2 is 1.82 bits per heavy atom. The molecule has 1 aromatic heterocycles. The number of amides is 1. The lowest BCUT2D eigenvalue weighted by Gasteiger charge is -2.26. The van der Waals surface area contributed by atoms with Gasteiger partial charge in [-0.05, 0) is 24.1 Å². The molecule has 2 aromatic carbocycles. The molecule has 1 aliphatic rings. The third kappa shape index (κ3) is 5.42. The summed E-state index contributed by atoms with van der Waals surface area (Å²) in [5, 5.41) is 14.3. The van der Waals surface area contributed by atoms with Crippen LogP contribution in [0, 0.1) is 17.0 Å². The lowest BCUT2D eigenvalue weighted by atomic mass is 9.95. The summed E-state index contributed by atoms with van der Waals surface area (Å²) in [6.07, 6.45) is 0. The smallest absolute Gasteiger partial charge is 0.270 e. The fourth-order valence-corrected chi connectivity index (χ4v) is 3.97. The summed E-state index contributed by atoms with van der Waals surface area (Å²) in [6, 6.07) is 17.8. The number of carbonyl (C=O) groups is 1. The van der Waals surface area contributed by atoms with Gasteiger partial charge in [0.2, 0.25) is 0 Å². The Kier molecular flexibility index (Phi) is 7.07. The molecule has 2 heterocycles. The van der Waals surface area contributed by atoms with Crippen molar-refractivity contribution >= 4 is 11.6 Å². The molecule has 3 aromatic rings. The molecule has 170 valence electrons. The predicted octanol–water partition coefficient (Wildman–Crippen LogP) is 3.69. The molecule has 0 saturated carbocycles. The molecule has 1 fully saturated rings. The van der Waals surface area contributed by atoms with Crippen molar-refractivity contribution in [1.29, 1.82) is 0 Å². The minimum absolute atomic E-state index is 0.0260. The quantitative estimate of drug-likeness (QED) is 0.439. The lowest BCUT2D eigenvalue weighted by Crippen LogP contribution is -2.41. The standard InChI is InChI=1S/C25H26N4O4/c1-18-24(25(30)26-10-11-28-12-14-33-15-13-28)22(20-8-5-9-21(16-20)29(31)32)17-23(27-18)19-6-3-2-4-7-19/h2-9,16-17H,10-15H2,1H3,(H,26,30). The molecule has 0 aliphatic carbocycles. The molecule has 4 rings (SSSR count). The molecule has 0 radical (unpaired) electrons. The maximum Gasteiger partial charge on any atom is 0.270 e. The van der Waals surface area contributed by atoms with E-state index in [1.165, 1.54) is 12.1 Å². The van der Waals surface area contributed by atoms with E-state index in [0.717, 1.165) is 25.2 Å². The van der Waals surface area contributed by atoms with Crippen LogP contribution in [0.3, 0.4) is 0 Å². The van der Waals surface area contributed by atoms with Gasteiger partial charge in [0.05, 0.1) is 35.1 Å². The highest BCUT2D eigenvalue weighted by atomic mass is 16.6. The summed E-state index contributed by atoms with van der Waals surface area (Å²) in [7, 11) is 0. The van der Waals surface area contributed by atoms with Crippen LogP contribution in [0.25, 0.3) is 22.4 Å². The minimum Gasteiger partial charge on any atom is -0.379 e. The Morgan fingerprint density at radius 1 is 1.09 bits per heavy atom. The summed E-state index contributed by atoms with van der Waals surface area (Å²) in [5.41, 5.74) is 3.81. The van der Waals surface area contributed by atoms with Gasteiger partial charge in [0.15, 0.2) is 0 Å². The van der Waals surface area contributed by atoms with E-state index in [1.807, 2.05) is 36.4 Å². The van der Waals surface area contributed by atoms with Gasteiger partial charge in [-0.3, -0.25) is 24.8 Å². The average molecular weight is 447 g/mol. The Balaban J connectivity index is 1.68. The van der Waals surface area contributed by atoms with Gasteiger partial charge in [-0.1, -0.05) is 42.5 Å². The molecule has 0 spiro atoms. The summed E-state index contributed by atoms with van der Waals surface area (Å²) in [4.78, 5) is 31.1. The lowest BCUT2D eigenvalue weighted by molar-refractivity contribution is -0.384. The molecular weight excluding hydrogens is 420 g/mol. The van der Waals surface area contributed by atoms with E-state index in [2.05, 4.69) is 15.2 Å². The number of nitrogens with zero attached hydrogens (tertiary/aromatic N) is 3. The normalized spacial score (nSPS) is 14.1. The van der Waals surface area contributed by atoms with Crippen LogP contribution in [0.1, 0.15) is 16.1 Å². The van der Waals surface area contributed by atoms with Gasteiger partial charge in [0.1, 0.15) is 0 Å². The van der Waals surface area contributed by atoms with Gasteiger partial charge < -0.3 is 10.1 Å². The molecule has 8 nitrogen and oxygen atoms in total. The molecule has 1 amide bonds. The maximum absolute atomic E-state index is 13.2. The molecular formula is C25H26N4O4. The minimum atomic E-state index is -0.433. The number of aromatic nitrogens is 1. The zero-order valence-corrected chi connectivity index (χ0v) is 18.5. The third-order valence-electron chi connectivity index (χ3n) is 5.68. The fourth-order valence-electron chi connectivity index (χ4n) is 3.97. The fraction of sp³-hybridized carbons (Fsp3) is 0.280. The summed E-state index contributed by atoms with van der Waals surface area (Å²) in [6.45, 7) is 6.12. The summed E-state index contributed by atoms with van der Waals surface area (Å²) in [5.74, 6) is -0.241. The highest BCUT2D eigenvalue weighted by Gasteiger charge is 2.21. The molecule has 0 bridgehead atoms. The van der Waals surface area contributed by atoms with Gasteiger partial charge in [0, 0.05) is 43.9 Å². The predicted molar refractivity (Wildman–Crippen MR) is 126 cm³/mol. The Bertz CT molecular complexity index is 1140. The number of hydrogen-bond acceptors (Lipinski definition) is 6. The largest absolute Gasteiger partial charge is 0.379 e. The van der Waals surface area contributed by atoms with Crippen LogP contribution in [0.2, 0.25) is 0 Å². The summed E-state index contributed by atoms with van der Waals surface area (Å²) >= 11 is 0. The first kappa shape index (κ1) is 22.6. The first-order valence-electron chi connectivity index (χ1n) is 10.9. The molecule has 1 aliphatic heterocycles. The Labute approximate surface area is 192 Å². The van der Waals surface area contributed by atoms with E-state index in [1.54, 1.807) is 19.1 Å². The van der Waals surface area contributed by atoms with Crippen molar-refractivity contribution in [3.8, 4) is 22.4 Å². The highest BCUT2D eigenvalue weighted by molar-refractivity contribution is 6.02. The molecule has 0 atom stereocenters. The molecule has 1 saturated heterocycles. The average Bonchev–Trinajstić information content (AvgIpc) is 2.84. The zero-order valence-electron chi connectivity index (χ0n) is 18.5. The number of pyridine rings is 1. The van der Waals surface area contributed by atoms with Crippen molar-refractivity contribution in [2.24, 2.45) is 0 Å². The molecule has 33 heavy (non-hydrogen) atoms. The number of non-ortho nitro benzene ring substituents is 1. The number of carbonyl (C=O) groups excluding carboxylic acids is 1. The van der Waals surface area contributed by atoms with Crippen molar-refractivity contribution in [2.45, 2.75) is 6.92 Å². The van der Waals surface area contributed by atoms with Crippen LogP contribution in [0.4, 0.5) is 5.69 Å². The van der Waals surface area contributed by atoms with Crippen LogP contribution in [-0.4, -0.2) is 60.1 Å². The van der Waals surface area contributed by atoms with Crippen LogP contribution < -0.4 is 5.32 Å². The van der Waals surface area contributed by atoms with Crippen molar-refractivity contribution in [3.63, 3.8) is 0 Å². The van der Waals surface area contributed by atoms with E-state index >= 15 is 0 Å². The summed E-state index contributed by atoms with van der Waals surface area (Å²) < 4.78 is 5.37. The van der Waals surface area contributed by atoms with Crippen LogP contribution in [0.15, 0.2) is 60.7 Å². The molecule has 8 heteroatoms. The Hall–Kier alpha value is -3.62. The van der Waals surface area contributed by atoms with E-state index in [0.29, 0.717) is 47.8 Å². The maximum atomic E-state index is 13.2. The first-order valence-corrected chi connectivity index (χ1v) is 10.9. The van der Waals surface area contributed by atoms with E-state index < -0.39 is 4.92 Å². The van der Waals surface area contributed by atoms with Gasteiger partial charge in [0.25, 0.3) is 11.6 Å². The number of nitro groups is 1. The van der Waals surface area contributed by atoms with Gasteiger partial charge in [-0.25, -0.2) is 0 Å².